The van der Waals surface area contributed by atoms with Crippen LogP contribution in [0.15, 0.2) is 47.4 Å². The number of benzene rings is 2. The van der Waals surface area contributed by atoms with E-state index in [0.717, 1.165) is 6.26 Å². The Hall–Kier alpha value is -2.03. The molecule has 0 N–H and O–H groups in total. The van der Waals surface area contributed by atoms with Gasteiger partial charge >= 0.3 is 0 Å². The maximum absolute atomic E-state index is 11.5. The predicted octanol–water partition coefficient (Wildman–Crippen LogP) is 3.41. The fourth-order valence-corrected chi connectivity index (χ4v) is 2.42. The summed E-state index contributed by atoms with van der Waals surface area (Å²) in [5.74, 6) is 0.813. The minimum Gasteiger partial charge on any atom is -0.457 e. The van der Waals surface area contributed by atoms with Gasteiger partial charge in [0.2, 0.25) is 0 Å². The third-order valence-corrected chi connectivity index (χ3v) is 3.95. The van der Waals surface area contributed by atoms with E-state index in [2.05, 4.69) is 0 Å². The van der Waals surface area contributed by atoms with Crippen molar-refractivity contribution in [2.75, 3.05) is 6.26 Å². The first-order chi connectivity index (χ1) is 9.40. The van der Waals surface area contributed by atoms with E-state index in [1.807, 2.05) is 6.07 Å². The largest absolute Gasteiger partial charge is 0.457 e. The molecule has 20 heavy (non-hydrogen) atoms. The number of nitriles is 1. The highest BCUT2D eigenvalue weighted by Crippen LogP contribution is 2.27. The standard InChI is InChI=1S/C14H10ClNO3S/c1-20(17,18)13-4-2-3-11(7-13)19-12-6-5-10(9-16)14(15)8-12/h2-8H,1H3. The van der Waals surface area contributed by atoms with Crippen molar-refractivity contribution in [1.29, 1.82) is 5.26 Å². The molecule has 0 fully saturated rings. The Morgan fingerprint density at radius 1 is 1.15 bits per heavy atom. The van der Waals surface area contributed by atoms with Crippen molar-refractivity contribution >= 4 is 21.4 Å². The van der Waals surface area contributed by atoms with Crippen LogP contribution in [-0.4, -0.2) is 14.7 Å². The normalized spacial score (nSPS) is 10.8. The van der Waals surface area contributed by atoms with Crippen LogP contribution in [0.1, 0.15) is 5.56 Å². The lowest BCUT2D eigenvalue weighted by molar-refractivity contribution is 0.481. The highest BCUT2D eigenvalue weighted by molar-refractivity contribution is 7.90. The second-order valence-electron chi connectivity index (χ2n) is 4.10. The van der Waals surface area contributed by atoms with Gasteiger partial charge in [-0.05, 0) is 30.3 Å². The molecule has 6 heteroatoms. The first kappa shape index (κ1) is 14.4. The number of nitrogens with zero attached hydrogens (tertiary/aromatic N) is 1. The van der Waals surface area contributed by atoms with Gasteiger partial charge in [-0.2, -0.15) is 5.26 Å². The highest BCUT2D eigenvalue weighted by Gasteiger charge is 2.09. The molecular weight excluding hydrogens is 298 g/mol. The zero-order valence-electron chi connectivity index (χ0n) is 10.5. The zero-order valence-corrected chi connectivity index (χ0v) is 12.1. The first-order valence-electron chi connectivity index (χ1n) is 5.58. The van der Waals surface area contributed by atoms with Gasteiger partial charge in [0.25, 0.3) is 0 Å². The molecule has 0 radical (unpaired) electrons. The van der Waals surface area contributed by atoms with Gasteiger partial charge in [-0.3, -0.25) is 0 Å². The number of ether oxygens (including phenoxy) is 1. The zero-order chi connectivity index (χ0) is 14.8. The monoisotopic (exact) mass is 307 g/mol. The molecule has 102 valence electrons. The molecule has 0 atom stereocenters. The Balaban J connectivity index is 2.31. The van der Waals surface area contributed by atoms with Gasteiger partial charge in [-0.15, -0.1) is 0 Å². The number of sulfone groups is 1. The SMILES string of the molecule is CS(=O)(=O)c1cccc(Oc2ccc(C#N)c(Cl)c2)c1. The summed E-state index contributed by atoms with van der Waals surface area (Å²) >= 11 is 5.90. The Bertz CT molecular complexity index is 794. The van der Waals surface area contributed by atoms with Gasteiger partial charge in [0.1, 0.15) is 17.6 Å². The van der Waals surface area contributed by atoms with Gasteiger partial charge in [-0.1, -0.05) is 17.7 Å². The molecule has 0 unspecified atom stereocenters. The lowest BCUT2D eigenvalue weighted by Crippen LogP contribution is -1.97. The van der Waals surface area contributed by atoms with E-state index >= 15 is 0 Å². The van der Waals surface area contributed by atoms with E-state index in [1.165, 1.54) is 24.3 Å². The average Bonchev–Trinajstić information content (AvgIpc) is 2.38. The molecule has 0 saturated heterocycles. The molecule has 0 amide bonds. The summed E-state index contributed by atoms with van der Waals surface area (Å²) in [6, 6.07) is 12.8. The van der Waals surface area contributed by atoms with Gasteiger partial charge in [-0.25, -0.2) is 8.42 Å². The van der Waals surface area contributed by atoms with Crippen molar-refractivity contribution in [3.63, 3.8) is 0 Å². The van der Waals surface area contributed by atoms with Crippen LogP contribution in [0.5, 0.6) is 11.5 Å². The summed E-state index contributed by atoms with van der Waals surface area (Å²) in [4.78, 5) is 0.176. The minimum atomic E-state index is -3.29. The Kier molecular flexibility index (Phi) is 3.98. The third-order valence-electron chi connectivity index (χ3n) is 2.53. The lowest BCUT2D eigenvalue weighted by Gasteiger charge is -2.07. The molecule has 0 bridgehead atoms. The molecule has 4 nitrogen and oxygen atoms in total. The summed E-state index contributed by atoms with van der Waals surface area (Å²) in [7, 11) is -3.29. The van der Waals surface area contributed by atoms with Crippen molar-refractivity contribution in [3.8, 4) is 17.6 Å². The van der Waals surface area contributed by atoms with Gasteiger partial charge in [0, 0.05) is 12.3 Å². The molecule has 0 heterocycles. The Morgan fingerprint density at radius 3 is 2.45 bits per heavy atom. The van der Waals surface area contributed by atoms with Crippen molar-refractivity contribution < 1.29 is 13.2 Å². The predicted molar refractivity (Wildman–Crippen MR) is 75.8 cm³/mol. The molecule has 2 aromatic rings. The van der Waals surface area contributed by atoms with E-state index in [0.29, 0.717) is 17.1 Å². The van der Waals surface area contributed by atoms with Crippen LogP contribution in [-0.2, 0) is 9.84 Å². The van der Waals surface area contributed by atoms with Crippen LogP contribution in [0.25, 0.3) is 0 Å². The summed E-state index contributed by atoms with van der Waals surface area (Å²) in [6.07, 6.45) is 1.13. The summed E-state index contributed by atoms with van der Waals surface area (Å²) < 4.78 is 28.5. The molecule has 0 spiro atoms. The summed E-state index contributed by atoms with van der Waals surface area (Å²) in [5, 5.41) is 9.06. The minimum absolute atomic E-state index is 0.176. The maximum Gasteiger partial charge on any atom is 0.175 e. The molecule has 0 aromatic heterocycles. The van der Waals surface area contributed by atoms with Crippen LogP contribution < -0.4 is 4.74 Å². The fraction of sp³-hybridized carbons (Fsp3) is 0.0714. The summed E-state index contributed by atoms with van der Waals surface area (Å²) in [5.41, 5.74) is 0.351. The lowest BCUT2D eigenvalue weighted by atomic mass is 10.2. The van der Waals surface area contributed by atoms with Crippen molar-refractivity contribution in [2.24, 2.45) is 0 Å². The topological polar surface area (TPSA) is 67.2 Å². The second-order valence-corrected chi connectivity index (χ2v) is 6.53. The van der Waals surface area contributed by atoms with E-state index in [1.54, 1.807) is 18.2 Å². The van der Waals surface area contributed by atoms with Crippen LogP contribution >= 0.6 is 11.6 Å². The molecule has 0 aliphatic carbocycles. The van der Waals surface area contributed by atoms with Crippen molar-refractivity contribution in [3.05, 3.63) is 53.1 Å². The summed E-state index contributed by atoms with van der Waals surface area (Å²) in [6.45, 7) is 0. The molecule has 0 aliphatic heterocycles. The highest BCUT2D eigenvalue weighted by atomic mass is 35.5. The van der Waals surface area contributed by atoms with E-state index in [4.69, 9.17) is 21.6 Å². The number of rotatable bonds is 3. The third kappa shape index (κ3) is 3.29. The van der Waals surface area contributed by atoms with Crippen molar-refractivity contribution in [1.82, 2.24) is 0 Å². The van der Waals surface area contributed by atoms with Crippen molar-refractivity contribution in [2.45, 2.75) is 4.90 Å². The van der Waals surface area contributed by atoms with Crippen LogP contribution in [0.2, 0.25) is 5.02 Å². The Morgan fingerprint density at radius 2 is 1.85 bits per heavy atom. The van der Waals surface area contributed by atoms with Gasteiger partial charge in [0.15, 0.2) is 9.84 Å². The van der Waals surface area contributed by atoms with E-state index in [-0.39, 0.29) is 9.92 Å². The quantitative estimate of drug-likeness (QED) is 0.871. The molecule has 2 rings (SSSR count). The number of hydrogen-bond acceptors (Lipinski definition) is 4. The average molecular weight is 308 g/mol. The fourth-order valence-electron chi connectivity index (χ4n) is 1.55. The van der Waals surface area contributed by atoms with E-state index < -0.39 is 9.84 Å². The molecule has 2 aromatic carbocycles. The van der Waals surface area contributed by atoms with Gasteiger partial charge < -0.3 is 4.74 Å². The molecule has 0 aliphatic rings. The van der Waals surface area contributed by atoms with Crippen LogP contribution in [0.4, 0.5) is 0 Å². The molecule has 0 saturated carbocycles. The molecular formula is C14H10ClNO3S. The number of halogens is 1. The Labute approximate surface area is 122 Å². The second kappa shape index (κ2) is 5.53. The number of hydrogen-bond donors (Lipinski definition) is 0. The van der Waals surface area contributed by atoms with Crippen LogP contribution in [0.3, 0.4) is 0 Å². The van der Waals surface area contributed by atoms with Gasteiger partial charge in [0.05, 0.1) is 15.5 Å². The smallest absolute Gasteiger partial charge is 0.175 e. The maximum atomic E-state index is 11.5. The van der Waals surface area contributed by atoms with E-state index in [9.17, 15) is 8.42 Å². The van der Waals surface area contributed by atoms with Crippen LogP contribution in [0, 0.1) is 11.3 Å². The first-order valence-corrected chi connectivity index (χ1v) is 7.85.